The van der Waals surface area contributed by atoms with Gasteiger partial charge in [0.05, 0.1) is 12.1 Å². The van der Waals surface area contributed by atoms with Gasteiger partial charge in [-0.05, 0) is 24.3 Å². The average molecular weight is 219 g/mol. The van der Waals surface area contributed by atoms with Crippen LogP contribution in [0.4, 0.5) is 0 Å². The fourth-order valence-electron chi connectivity index (χ4n) is 1.32. The van der Waals surface area contributed by atoms with Gasteiger partial charge in [0.25, 0.3) is 0 Å². The molecule has 2 rings (SSSR count). The molecule has 7 heteroatoms. The Hall–Kier alpha value is -1.89. The van der Waals surface area contributed by atoms with E-state index in [1.807, 2.05) is 13.8 Å². The van der Waals surface area contributed by atoms with Crippen molar-refractivity contribution in [3.63, 3.8) is 0 Å². The maximum absolute atomic E-state index is 5.93. The zero-order valence-corrected chi connectivity index (χ0v) is 9.20. The first-order valence-electron chi connectivity index (χ1n) is 4.87. The third-order valence-electron chi connectivity index (χ3n) is 1.91. The van der Waals surface area contributed by atoms with Crippen LogP contribution in [0.15, 0.2) is 18.7 Å². The van der Waals surface area contributed by atoms with Crippen molar-refractivity contribution in [3.05, 3.63) is 18.7 Å². The molecule has 0 spiro atoms. The number of aromatic nitrogens is 6. The van der Waals surface area contributed by atoms with Crippen LogP contribution < -0.4 is 5.73 Å². The van der Waals surface area contributed by atoms with Crippen LogP contribution in [-0.4, -0.2) is 35.7 Å². The van der Waals surface area contributed by atoms with E-state index < -0.39 is 0 Å². The Morgan fingerprint density at radius 1 is 1.31 bits per heavy atom. The molecule has 16 heavy (non-hydrogen) atoms. The molecular formula is C9H13N7. The highest BCUT2D eigenvalue weighted by atomic mass is 15.5. The third kappa shape index (κ3) is 2.37. The highest BCUT2D eigenvalue weighted by Gasteiger charge is 2.17. The second-order valence-electron chi connectivity index (χ2n) is 4.28. The topological polar surface area (TPSA) is 95.4 Å². The first kappa shape index (κ1) is 10.6. The molecule has 2 N–H and O–H groups in total. The summed E-state index contributed by atoms with van der Waals surface area (Å²) < 4.78 is 1.65. The molecule has 0 unspecified atom stereocenters. The Kier molecular flexibility index (Phi) is 2.61. The standard InChI is InChI=1S/C9H13N7/c1-9(2,10)5-16-8(13-14-15-16)7-3-11-6-12-4-7/h3-4,6H,5,10H2,1-2H3. The predicted molar refractivity (Wildman–Crippen MR) is 57.1 cm³/mol. The maximum Gasteiger partial charge on any atom is 0.185 e. The van der Waals surface area contributed by atoms with Gasteiger partial charge in [-0.15, -0.1) is 5.10 Å². The van der Waals surface area contributed by atoms with Gasteiger partial charge in [0, 0.05) is 17.9 Å². The van der Waals surface area contributed by atoms with E-state index in [4.69, 9.17) is 5.73 Å². The molecule has 0 amide bonds. The van der Waals surface area contributed by atoms with Crippen molar-refractivity contribution in [2.24, 2.45) is 5.73 Å². The summed E-state index contributed by atoms with van der Waals surface area (Å²) in [6.07, 6.45) is 4.79. The zero-order valence-electron chi connectivity index (χ0n) is 9.20. The van der Waals surface area contributed by atoms with E-state index in [1.54, 1.807) is 17.1 Å². The number of tetrazole rings is 1. The average Bonchev–Trinajstić information content (AvgIpc) is 2.64. The molecule has 0 radical (unpaired) electrons. The van der Waals surface area contributed by atoms with E-state index >= 15 is 0 Å². The lowest BCUT2D eigenvalue weighted by Crippen LogP contribution is -2.37. The molecule has 7 nitrogen and oxygen atoms in total. The van der Waals surface area contributed by atoms with E-state index in [-0.39, 0.29) is 5.54 Å². The van der Waals surface area contributed by atoms with Crippen LogP contribution in [0.25, 0.3) is 11.4 Å². The van der Waals surface area contributed by atoms with E-state index in [2.05, 4.69) is 25.5 Å². The molecule has 0 fully saturated rings. The normalized spacial score (nSPS) is 11.7. The molecule has 2 heterocycles. The second-order valence-corrected chi connectivity index (χ2v) is 4.28. The molecule has 0 saturated heterocycles. The van der Waals surface area contributed by atoms with Gasteiger partial charge in [0.15, 0.2) is 5.82 Å². The monoisotopic (exact) mass is 219 g/mol. The van der Waals surface area contributed by atoms with Gasteiger partial charge < -0.3 is 5.73 Å². The fourth-order valence-corrected chi connectivity index (χ4v) is 1.32. The van der Waals surface area contributed by atoms with E-state index in [9.17, 15) is 0 Å². The lowest BCUT2D eigenvalue weighted by molar-refractivity contribution is 0.404. The molecule has 0 atom stereocenters. The Bertz CT molecular complexity index is 456. The Balaban J connectivity index is 2.33. The highest BCUT2D eigenvalue weighted by molar-refractivity contribution is 5.50. The predicted octanol–water partition coefficient (Wildman–Crippen LogP) is -0.133. The van der Waals surface area contributed by atoms with Crippen LogP contribution in [-0.2, 0) is 6.54 Å². The Labute approximate surface area is 92.7 Å². The van der Waals surface area contributed by atoms with Crippen LogP contribution in [0, 0.1) is 0 Å². The van der Waals surface area contributed by atoms with Gasteiger partial charge in [-0.2, -0.15) is 0 Å². The maximum atomic E-state index is 5.93. The van der Waals surface area contributed by atoms with Gasteiger partial charge in [0.2, 0.25) is 0 Å². The summed E-state index contributed by atoms with van der Waals surface area (Å²) in [4.78, 5) is 7.85. The minimum absolute atomic E-state index is 0.375. The van der Waals surface area contributed by atoms with Crippen molar-refractivity contribution in [2.75, 3.05) is 0 Å². The van der Waals surface area contributed by atoms with E-state index in [1.165, 1.54) is 6.33 Å². The number of nitrogens with zero attached hydrogens (tertiary/aromatic N) is 6. The lowest BCUT2D eigenvalue weighted by Gasteiger charge is -2.18. The van der Waals surface area contributed by atoms with Crippen LogP contribution in [0.5, 0.6) is 0 Å². The van der Waals surface area contributed by atoms with Crippen molar-refractivity contribution in [2.45, 2.75) is 25.9 Å². The summed E-state index contributed by atoms with van der Waals surface area (Å²) in [6, 6.07) is 0. The van der Waals surface area contributed by atoms with Crippen LogP contribution in [0.1, 0.15) is 13.8 Å². The summed E-state index contributed by atoms with van der Waals surface area (Å²) in [5, 5.41) is 11.5. The van der Waals surface area contributed by atoms with Gasteiger partial charge in [-0.25, -0.2) is 14.6 Å². The van der Waals surface area contributed by atoms with Crippen molar-refractivity contribution in [1.82, 2.24) is 30.2 Å². The first-order chi connectivity index (χ1) is 7.56. The summed E-state index contributed by atoms with van der Waals surface area (Å²) in [5.74, 6) is 0.624. The second kappa shape index (κ2) is 3.93. The van der Waals surface area contributed by atoms with Gasteiger partial charge in [-0.3, -0.25) is 0 Å². The van der Waals surface area contributed by atoms with Crippen molar-refractivity contribution >= 4 is 0 Å². The van der Waals surface area contributed by atoms with Crippen LogP contribution in [0.3, 0.4) is 0 Å². The molecule has 0 saturated carbocycles. The van der Waals surface area contributed by atoms with Gasteiger partial charge >= 0.3 is 0 Å². The molecule has 2 aromatic rings. The fraction of sp³-hybridized carbons (Fsp3) is 0.444. The molecule has 0 aromatic carbocycles. The number of rotatable bonds is 3. The SMILES string of the molecule is CC(C)(N)Cn1nnnc1-c1cncnc1. The molecule has 0 aliphatic rings. The number of hydrogen-bond donors (Lipinski definition) is 1. The summed E-state index contributed by atoms with van der Waals surface area (Å²) in [6.45, 7) is 4.37. The Morgan fingerprint density at radius 2 is 2.00 bits per heavy atom. The molecular weight excluding hydrogens is 206 g/mol. The van der Waals surface area contributed by atoms with Gasteiger partial charge in [-0.1, -0.05) is 0 Å². The zero-order chi connectivity index (χ0) is 11.6. The minimum Gasteiger partial charge on any atom is -0.324 e. The first-order valence-corrected chi connectivity index (χ1v) is 4.87. The Morgan fingerprint density at radius 3 is 2.62 bits per heavy atom. The smallest absolute Gasteiger partial charge is 0.185 e. The molecule has 0 aliphatic heterocycles. The summed E-state index contributed by atoms with van der Waals surface area (Å²) in [5.41, 5.74) is 6.33. The lowest BCUT2D eigenvalue weighted by atomic mass is 10.1. The van der Waals surface area contributed by atoms with Crippen molar-refractivity contribution in [3.8, 4) is 11.4 Å². The molecule has 2 aromatic heterocycles. The third-order valence-corrected chi connectivity index (χ3v) is 1.91. The number of hydrogen-bond acceptors (Lipinski definition) is 6. The minimum atomic E-state index is -0.375. The van der Waals surface area contributed by atoms with E-state index in [0.29, 0.717) is 12.4 Å². The van der Waals surface area contributed by atoms with Crippen LogP contribution in [0.2, 0.25) is 0 Å². The summed E-state index contributed by atoms with van der Waals surface area (Å²) >= 11 is 0. The molecule has 0 aliphatic carbocycles. The van der Waals surface area contributed by atoms with E-state index in [0.717, 1.165) is 5.56 Å². The largest absolute Gasteiger partial charge is 0.324 e. The summed E-state index contributed by atoms with van der Waals surface area (Å²) in [7, 11) is 0. The van der Waals surface area contributed by atoms with Gasteiger partial charge in [0.1, 0.15) is 6.33 Å². The highest BCUT2D eigenvalue weighted by Crippen LogP contribution is 2.14. The molecule has 84 valence electrons. The number of nitrogens with two attached hydrogens (primary N) is 1. The van der Waals surface area contributed by atoms with Crippen molar-refractivity contribution in [1.29, 1.82) is 0 Å². The molecule has 0 bridgehead atoms. The van der Waals surface area contributed by atoms with Crippen LogP contribution >= 0.6 is 0 Å². The van der Waals surface area contributed by atoms with Crippen molar-refractivity contribution < 1.29 is 0 Å². The quantitative estimate of drug-likeness (QED) is 0.772.